The number of carbonyl (C=O) groups is 1. The molecular formula is C14H18N4O3. The molecule has 0 atom stereocenters. The molecule has 2 aromatic heterocycles. The van der Waals surface area contributed by atoms with Gasteiger partial charge < -0.3 is 14.4 Å². The van der Waals surface area contributed by atoms with Gasteiger partial charge in [-0.15, -0.1) is 0 Å². The summed E-state index contributed by atoms with van der Waals surface area (Å²) in [6.45, 7) is 5.98. The lowest BCUT2D eigenvalue weighted by Gasteiger charge is -2.10. The smallest absolute Gasteiger partial charge is 0.263 e. The topological polar surface area (TPSA) is 90.0 Å². The summed E-state index contributed by atoms with van der Waals surface area (Å²) in [5, 5.41) is 6.47. The normalized spacial score (nSPS) is 11.4. The number of aromatic nitrogens is 3. The van der Waals surface area contributed by atoms with Crippen LogP contribution in [0.2, 0.25) is 0 Å². The third-order valence-electron chi connectivity index (χ3n) is 2.91. The second kappa shape index (κ2) is 5.51. The second-order valence-electron chi connectivity index (χ2n) is 5.78. The predicted molar refractivity (Wildman–Crippen MR) is 75.9 cm³/mol. The van der Waals surface area contributed by atoms with Crippen LogP contribution in [0, 0.1) is 0 Å². The monoisotopic (exact) mass is 290 g/mol. The van der Waals surface area contributed by atoms with E-state index in [4.69, 9.17) is 4.52 Å². The fourth-order valence-electron chi connectivity index (χ4n) is 1.65. The number of hydrogen-bond donors (Lipinski definition) is 1. The van der Waals surface area contributed by atoms with Crippen LogP contribution in [0.1, 0.15) is 42.8 Å². The average Bonchev–Trinajstić information content (AvgIpc) is 2.88. The molecule has 0 aliphatic rings. The Kier molecular flexibility index (Phi) is 3.93. The van der Waals surface area contributed by atoms with Crippen LogP contribution >= 0.6 is 0 Å². The molecule has 2 aromatic rings. The minimum Gasteiger partial charge on any atom is -0.343 e. The molecule has 7 nitrogen and oxygen atoms in total. The zero-order valence-corrected chi connectivity index (χ0v) is 12.5. The summed E-state index contributed by atoms with van der Waals surface area (Å²) in [6.07, 6.45) is 1.59. The molecule has 0 aliphatic heterocycles. The Balaban J connectivity index is 2.06. The third kappa shape index (κ3) is 3.36. The Morgan fingerprint density at radius 3 is 2.76 bits per heavy atom. The Bertz CT molecular complexity index is 709. The van der Waals surface area contributed by atoms with E-state index in [1.807, 2.05) is 20.8 Å². The van der Waals surface area contributed by atoms with E-state index in [0.29, 0.717) is 11.7 Å². The van der Waals surface area contributed by atoms with Crippen molar-refractivity contribution in [3.05, 3.63) is 46.0 Å². The highest BCUT2D eigenvalue weighted by molar-refractivity contribution is 5.93. The van der Waals surface area contributed by atoms with E-state index >= 15 is 0 Å². The molecule has 7 heteroatoms. The van der Waals surface area contributed by atoms with Crippen molar-refractivity contribution < 1.29 is 9.32 Å². The van der Waals surface area contributed by atoms with Gasteiger partial charge in [0.05, 0.1) is 6.54 Å². The summed E-state index contributed by atoms with van der Waals surface area (Å²) < 4.78 is 6.42. The Labute approximate surface area is 122 Å². The van der Waals surface area contributed by atoms with Gasteiger partial charge in [-0.2, -0.15) is 4.98 Å². The molecule has 0 saturated heterocycles. The van der Waals surface area contributed by atoms with E-state index in [-0.39, 0.29) is 23.1 Å². The summed E-state index contributed by atoms with van der Waals surface area (Å²) in [5.41, 5.74) is -0.493. The van der Waals surface area contributed by atoms with Crippen LogP contribution < -0.4 is 10.9 Å². The molecule has 0 aromatic carbocycles. The maximum Gasteiger partial charge on any atom is 0.263 e. The molecule has 0 spiro atoms. The zero-order chi connectivity index (χ0) is 15.6. The molecule has 0 saturated carbocycles. The second-order valence-corrected chi connectivity index (χ2v) is 5.78. The van der Waals surface area contributed by atoms with E-state index in [1.54, 1.807) is 19.3 Å². The van der Waals surface area contributed by atoms with E-state index in [0.717, 1.165) is 0 Å². The molecular weight excluding hydrogens is 272 g/mol. The van der Waals surface area contributed by atoms with Crippen molar-refractivity contribution in [1.29, 1.82) is 0 Å². The van der Waals surface area contributed by atoms with E-state index in [9.17, 15) is 9.59 Å². The zero-order valence-electron chi connectivity index (χ0n) is 12.5. The van der Waals surface area contributed by atoms with Gasteiger partial charge in [-0.05, 0) is 12.1 Å². The molecule has 0 unspecified atom stereocenters. The van der Waals surface area contributed by atoms with Crippen molar-refractivity contribution in [1.82, 2.24) is 20.0 Å². The molecule has 1 N–H and O–H groups in total. The van der Waals surface area contributed by atoms with E-state index < -0.39 is 5.91 Å². The summed E-state index contributed by atoms with van der Waals surface area (Å²) in [7, 11) is 1.59. The van der Waals surface area contributed by atoms with Crippen LogP contribution in [0.5, 0.6) is 0 Å². The fourth-order valence-corrected chi connectivity index (χ4v) is 1.65. The number of amides is 1. The third-order valence-corrected chi connectivity index (χ3v) is 2.91. The number of pyridine rings is 1. The summed E-state index contributed by atoms with van der Waals surface area (Å²) in [5.74, 6) is 0.412. The van der Waals surface area contributed by atoms with E-state index in [1.165, 1.54) is 10.6 Å². The molecule has 0 fully saturated rings. The average molecular weight is 290 g/mol. The lowest BCUT2D eigenvalue weighted by atomic mass is 9.96. The minimum atomic E-state index is -0.466. The summed E-state index contributed by atoms with van der Waals surface area (Å²) in [4.78, 5) is 28.0. The largest absolute Gasteiger partial charge is 0.343 e. The molecule has 112 valence electrons. The maximum atomic E-state index is 12.0. The number of hydrogen-bond acceptors (Lipinski definition) is 5. The van der Waals surface area contributed by atoms with Crippen LogP contribution in [-0.4, -0.2) is 20.6 Å². The highest BCUT2D eigenvalue weighted by Crippen LogP contribution is 2.18. The van der Waals surface area contributed by atoms with Crippen LogP contribution in [-0.2, 0) is 19.0 Å². The lowest BCUT2D eigenvalue weighted by molar-refractivity contribution is 0.0944. The van der Waals surface area contributed by atoms with Gasteiger partial charge in [-0.25, -0.2) is 0 Å². The van der Waals surface area contributed by atoms with Crippen LogP contribution in [0.15, 0.2) is 27.6 Å². The van der Waals surface area contributed by atoms with Crippen LogP contribution in [0.4, 0.5) is 0 Å². The van der Waals surface area contributed by atoms with Gasteiger partial charge in [0.1, 0.15) is 5.56 Å². The van der Waals surface area contributed by atoms with Gasteiger partial charge in [0.15, 0.2) is 5.82 Å². The number of carbonyl (C=O) groups excluding carboxylic acids is 1. The van der Waals surface area contributed by atoms with E-state index in [2.05, 4.69) is 15.5 Å². The van der Waals surface area contributed by atoms with Crippen molar-refractivity contribution >= 4 is 5.91 Å². The number of aryl methyl sites for hydroxylation is 1. The first-order valence-corrected chi connectivity index (χ1v) is 6.56. The number of nitrogens with one attached hydrogen (secondary N) is 1. The highest BCUT2D eigenvalue weighted by atomic mass is 16.5. The Morgan fingerprint density at radius 2 is 2.14 bits per heavy atom. The molecule has 1 amide bonds. The van der Waals surface area contributed by atoms with Gasteiger partial charge in [0.2, 0.25) is 5.89 Å². The number of nitrogens with zero attached hydrogens (tertiary/aromatic N) is 3. The van der Waals surface area contributed by atoms with Crippen molar-refractivity contribution in [2.24, 2.45) is 7.05 Å². The summed E-state index contributed by atoms with van der Waals surface area (Å²) in [6, 6.07) is 3.12. The molecule has 0 radical (unpaired) electrons. The van der Waals surface area contributed by atoms with Gasteiger partial charge in [-0.3, -0.25) is 9.59 Å². The van der Waals surface area contributed by atoms with Crippen molar-refractivity contribution in [2.45, 2.75) is 32.7 Å². The standard InChI is InChI=1S/C14H18N4O3/c1-14(2,3)13-16-10(21-17-13)8-15-11(19)9-6-5-7-18(4)12(9)20/h5-7H,8H2,1-4H3,(H,15,19). The quantitative estimate of drug-likeness (QED) is 0.910. The highest BCUT2D eigenvalue weighted by Gasteiger charge is 2.21. The first-order chi connectivity index (χ1) is 9.79. The molecule has 0 aliphatic carbocycles. The maximum absolute atomic E-state index is 12.0. The molecule has 21 heavy (non-hydrogen) atoms. The van der Waals surface area contributed by atoms with Crippen LogP contribution in [0.25, 0.3) is 0 Å². The van der Waals surface area contributed by atoms with Gasteiger partial charge in [0, 0.05) is 18.7 Å². The molecule has 0 bridgehead atoms. The Morgan fingerprint density at radius 1 is 1.43 bits per heavy atom. The van der Waals surface area contributed by atoms with Crippen molar-refractivity contribution in [3.63, 3.8) is 0 Å². The van der Waals surface area contributed by atoms with Crippen molar-refractivity contribution in [3.8, 4) is 0 Å². The SMILES string of the molecule is Cn1cccc(C(=O)NCc2nc(C(C)(C)C)no2)c1=O. The lowest BCUT2D eigenvalue weighted by Crippen LogP contribution is -2.31. The van der Waals surface area contributed by atoms with Crippen LogP contribution in [0.3, 0.4) is 0 Å². The van der Waals surface area contributed by atoms with Gasteiger partial charge in [0.25, 0.3) is 11.5 Å². The Hall–Kier alpha value is -2.44. The minimum absolute atomic E-state index is 0.0792. The molecule has 2 rings (SSSR count). The first-order valence-electron chi connectivity index (χ1n) is 6.56. The predicted octanol–water partition coefficient (Wildman–Crippen LogP) is 0.996. The summed E-state index contributed by atoms with van der Waals surface area (Å²) >= 11 is 0. The van der Waals surface area contributed by atoms with Crippen molar-refractivity contribution in [2.75, 3.05) is 0 Å². The number of rotatable bonds is 3. The fraction of sp³-hybridized carbons (Fsp3) is 0.429. The van der Waals surface area contributed by atoms with Gasteiger partial charge >= 0.3 is 0 Å². The molecule has 2 heterocycles. The first kappa shape index (κ1) is 15.0. The van der Waals surface area contributed by atoms with Gasteiger partial charge in [-0.1, -0.05) is 25.9 Å².